The van der Waals surface area contributed by atoms with Crippen LogP contribution in [0.3, 0.4) is 0 Å². The zero-order valence-electron chi connectivity index (χ0n) is 14.0. The van der Waals surface area contributed by atoms with Crippen molar-refractivity contribution < 1.29 is 14.3 Å². The molecule has 122 valence electrons. The van der Waals surface area contributed by atoms with E-state index in [0.717, 1.165) is 28.6 Å². The topological polar surface area (TPSA) is 51.5 Å². The Bertz CT molecular complexity index is 783. The maximum Gasteiger partial charge on any atom is 0.410 e. The molecule has 1 aliphatic heterocycles. The zero-order chi connectivity index (χ0) is 16.8. The molecule has 0 N–H and O–H groups in total. The van der Waals surface area contributed by atoms with E-state index in [1.54, 1.807) is 16.4 Å². The van der Waals surface area contributed by atoms with Crippen molar-refractivity contribution in [1.29, 1.82) is 0 Å². The van der Waals surface area contributed by atoms with Crippen molar-refractivity contribution in [3.63, 3.8) is 0 Å². The van der Waals surface area contributed by atoms with Gasteiger partial charge in [-0.15, -0.1) is 0 Å². The van der Waals surface area contributed by atoms with Crippen LogP contribution in [-0.2, 0) is 17.7 Å². The van der Waals surface area contributed by atoms with Crippen molar-refractivity contribution in [2.24, 2.45) is 0 Å². The molecule has 1 aliphatic rings. The monoisotopic (exact) mass is 314 g/mol. The van der Waals surface area contributed by atoms with E-state index in [2.05, 4.69) is 0 Å². The quantitative estimate of drug-likeness (QED) is 0.746. The van der Waals surface area contributed by atoms with E-state index >= 15 is 0 Å². The molecule has 0 atom stereocenters. The van der Waals surface area contributed by atoms with E-state index in [4.69, 9.17) is 4.74 Å². The fourth-order valence-corrected chi connectivity index (χ4v) is 3.15. The number of carbonyl (C=O) groups excluding carboxylic acids is 2. The van der Waals surface area contributed by atoms with E-state index < -0.39 is 5.60 Å². The van der Waals surface area contributed by atoms with Gasteiger partial charge in [-0.05, 0) is 38.8 Å². The Labute approximate surface area is 135 Å². The van der Waals surface area contributed by atoms with Gasteiger partial charge in [0.25, 0.3) is 0 Å². The number of fused-ring (bicyclic) bond motifs is 3. The molecule has 2 heterocycles. The van der Waals surface area contributed by atoms with Gasteiger partial charge in [0.15, 0.2) is 0 Å². The van der Waals surface area contributed by atoms with Gasteiger partial charge in [0.1, 0.15) is 5.60 Å². The van der Waals surface area contributed by atoms with Crippen LogP contribution in [0.25, 0.3) is 10.9 Å². The van der Waals surface area contributed by atoms with E-state index in [1.165, 1.54) is 0 Å². The molecule has 5 heteroatoms. The number of rotatable bonds is 0. The van der Waals surface area contributed by atoms with Crippen LogP contribution in [0.5, 0.6) is 0 Å². The Balaban J connectivity index is 2.00. The second-order valence-corrected chi connectivity index (χ2v) is 6.95. The Morgan fingerprint density at radius 1 is 1.17 bits per heavy atom. The van der Waals surface area contributed by atoms with Crippen LogP contribution in [0.15, 0.2) is 24.3 Å². The fourth-order valence-electron chi connectivity index (χ4n) is 3.15. The lowest BCUT2D eigenvalue weighted by atomic mass is 10.0. The van der Waals surface area contributed by atoms with Crippen molar-refractivity contribution in [3.05, 3.63) is 35.5 Å². The number of hydrogen-bond donors (Lipinski definition) is 0. The Morgan fingerprint density at radius 2 is 1.87 bits per heavy atom. The summed E-state index contributed by atoms with van der Waals surface area (Å²) in [5, 5.41) is 1.10. The van der Waals surface area contributed by atoms with Gasteiger partial charge in [0.05, 0.1) is 12.1 Å². The van der Waals surface area contributed by atoms with Crippen molar-refractivity contribution in [2.45, 2.75) is 46.3 Å². The second kappa shape index (κ2) is 5.41. The van der Waals surface area contributed by atoms with Gasteiger partial charge in [0, 0.05) is 24.5 Å². The summed E-state index contributed by atoms with van der Waals surface area (Å²) in [5.74, 6) is -0.0338. The largest absolute Gasteiger partial charge is 0.444 e. The fraction of sp³-hybridized carbons (Fsp3) is 0.444. The molecule has 0 spiro atoms. The lowest BCUT2D eigenvalue weighted by Gasteiger charge is -2.30. The van der Waals surface area contributed by atoms with Crippen molar-refractivity contribution in [2.75, 3.05) is 6.54 Å². The number of benzene rings is 1. The van der Waals surface area contributed by atoms with Crippen LogP contribution in [-0.4, -0.2) is 33.6 Å². The molecule has 0 aliphatic carbocycles. The maximum atomic E-state index is 12.3. The Hall–Kier alpha value is -2.30. The number of carbonyl (C=O) groups is 2. The van der Waals surface area contributed by atoms with Gasteiger partial charge in [-0.1, -0.05) is 18.2 Å². The van der Waals surface area contributed by atoms with Crippen molar-refractivity contribution in [3.8, 4) is 0 Å². The third kappa shape index (κ3) is 2.83. The Morgan fingerprint density at radius 3 is 2.52 bits per heavy atom. The molecule has 5 nitrogen and oxygen atoms in total. The summed E-state index contributed by atoms with van der Waals surface area (Å²) in [7, 11) is 0. The molecule has 1 aromatic heterocycles. The molecule has 0 saturated carbocycles. The molecule has 2 aromatic rings. The third-order valence-corrected chi connectivity index (χ3v) is 4.03. The lowest BCUT2D eigenvalue weighted by molar-refractivity contribution is 0.0218. The lowest BCUT2D eigenvalue weighted by Crippen LogP contribution is -2.40. The molecular formula is C18H22N2O3. The summed E-state index contributed by atoms with van der Waals surface area (Å²) >= 11 is 0. The first kappa shape index (κ1) is 15.6. The van der Waals surface area contributed by atoms with Crippen LogP contribution in [0.2, 0.25) is 0 Å². The highest BCUT2D eigenvalue weighted by molar-refractivity contribution is 5.95. The van der Waals surface area contributed by atoms with Gasteiger partial charge < -0.3 is 9.64 Å². The van der Waals surface area contributed by atoms with Gasteiger partial charge in [-0.3, -0.25) is 9.36 Å². The summed E-state index contributed by atoms with van der Waals surface area (Å²) in [6.07, 6.45) is 0.401. The van der Waals surface area contributed by atoms with E-state index in [1.807, 2.05) is 45.0 Å². The van der Waals surface area contributed by atoms with Crippen LogP contribution in [0, 0.1) is 0 Å². The first-order chi connectivity index (χ1) is 10.8. The SMILES string of the molecule is CC(=O)n1c2c(c3ccccc31)CCN(C(=O)OC(C)(C)C)C2. The molecule has 0 radical (unpaired) electrons. The van der Waals surface area contributed by atoms with Crippen molar-refractivity contribution in [1.82, 2.24) is 9.47 Å². The van der Waals surface area contributed by atoms with Gasteiger partial charge in [-0.25, -0.2) is 4.79 Å². The smallest absolute Gasteiger partial charge is 0.410 e. The minimum Gasteiger partial charge on any atom is -0.444 e. The average Bonchev–Trinajstić information content (AvgIpc) is 2.79. The molecule has 1 amide bonds. The summed E-state index contributed by atoms with van der Waals surface area (Å²) in [6, 6.07) is 7.90. The van der Waals surface area contributed by atoms with Crippen LogP contribution in [0.1, 0.15) is 43.7 Å². The third-order valence-electron chi connectivity index (χ3n) is 4.03. The van der Waals surface area contributed by atoms with Gasteiger partial charge in [0.2, 0.25) is 5.91 Å². The van der Waals surface area contributed by atoms with Crippen LogP contribution < -0.4 is 0 Å². The number of aromatic nitrogens is 1. The van der Waals surface area contributed by atoms with E-state index in [-0.39, 0.29) is 12.0 Å². The molecule has 3 rings (SSSR count). The molecule has 1 aromatic carbocycles. The number of hydrogen-bond acceptors (Lipinski definition) is 3. The zero-order valence-corrected chi connectivity index (χ0v) is 14.0. The first-order valence-electron chi connectivity index (χ1n) is 7.88. The Kier molecular flexibility index (Phi) is 3.66. The minimum absolute atomic E-state index is 0.0338. The highest BCUT2D eigenvalue weighted by Crippen LogP contribution is 2.31. The molecule has 0 unspecified atom stereocenters. The summed E-state index contributed by atoms with van der Waals surface area (Å²) in [5.41, 5.74) is 2.45. The second-order valence-electron chi connectivity index (χ2n) is 6.95. The highest BCUT2D eigenvalue weighted by Gasteiger charge is 2.30. The molecule has 0 saturated heterocycles. The number of amides is 1. The number of nitrogens with zero attached hydrogens (tertiary/aromatic N) is 2. The summed E-state index contributed by atoms with van der Waals surface area (Å²) in [4.78, 5) is 26.1. The molecule has 23 heavy (non-hydrogen) atoms. The van der Waals surface area contributed by atoms with Crippen molar-refractivity contribution >= 4 is 22.9 Å². The highest BCUT2D eigenvalue weighted by atomic mass is 16.6. The normalized spacial score (nSPS) is 14.7. The van der Waals surface area contributed by atoms with Gasteiger partial charge >= 0.3 is 6.09 Å². The summed E-state index contributed by atoms with van der Waals surface area (Å²) in [6.45, 7) is 8.12. The summed E-state index contributed by atoms with van der Waals surface area (Å²) < 4.78 is 7.18. The van der Waals surface area contributed by atoms with E-state index in [9.17, 15) is 9.59 Å². The molecule has 0 bridgehead atoms. The average molecular weight is 314 g/mol. The molecule has 0 fully saturated rings. The minimum atomic E-state index is -0.523. The maximum absolute atomic E-state index is 12.3. The number of para-hydroxylation sites is 1. The number of ether oxygens (including phenoxy) is 1. The first-order valence-corrected chi connectivity index (χ1v) is 7.88. The molecular weight excluding hydrogens is 292 g/mol. The van der Waals surface area contributed by atoms with E-state index in [0.29, 0.717) is 13.1 Å². The van der Waals surface area contributed by atoms with Gasteiger partial charge in [-0.2, -0.15) is 0 Å². The predicted octanol–water partition coefficient (Wildman–Crippen LogP) is 3.59. The standard InChI is InChI=1S/C18H22N2O3/c1-12(21)20-15-8-6-5-7-13(15)14-9-10-19(11-16(14)20)17(22)23-18(2,3)4/h5-8H,9-11H2,1-4H3. The predicted molar refractivity (Wildman–Crippen MR) is 88.6 cm³/mol. The van der Waals surface area contributed by atoms with Crippen LogP contribution in [0.4, 0.5) is 4.79 Å². The van der Waals surface area contributed by atoms with Crippen LogP contribution >= 0.6 is 0 Å².